The van der Waals surface area contributed by atoms with Gasteiger partial charge in [0, 0.05) is 33.1 Å². The van der Waals surface area contributed by atoms with E-state index in [1.165, 1.54) is 4.90 Å². The van der Waals surface area contributed by atoms with Crippen LogP contribution in [0.1, 0.15) is 32.6 Å². The first-order chi connectivity index (χ1) is 9.93. The van der Waals surface area contributed by atoms with Crippen LogP contribution in [0.5, 0.6) is 0 Å². The largest absolute Gasteiger partial charge is 0.481 e. The van der Waals surface area contributed by atoms with Crippen molar-refractivity contribution < 1.29 is 19.5 Å². The summed E-state index contributed by atoms with van der Waals surface area (Å²) in [6.07, 6.45) is 2.43. The maximum Gasteiger partial charge on any atom is 0.320 e. The fourth-order valence-electron chi connectivity index (χ4n) is 2.42. The third-order valence-electron chi connectivity index (χ3n) is 3.63. The number of likely N-dealkylation sites (tertiary alicyclic amines) is 1. The number of carbonyl (C=O) groups excluding carboxylic acids is 2. The van der Waals surface area contributed by atoms with Gasteiger partial charge in [-0.25, -0.2) is 4.79 Å². The molecule has 7 heteroatoms. The predicted octanol–water partition coefficient (Wildman–Crippen LogP) is 0.751. The molecule has 1 aliphatic heterocycles. The molecule has 0 radical (unpaired) electrons. The van der Waals surface area contributed by atoms with Crippen LogP contribution in [0.15, 0.2) is 0 Å². The van der Waals surface area contributed by atoms with E-state index in [1.807, 2.05) is 6.92 Å². The van der Waals surface area contributed by atoms with Crippen molar-refractivity contribution in [3.8, 4) is 0 Å². The van der Waals surface area contributed by atoms with Crippen molar-refractivity contribution >= 4 is 17.9 Å². The lowest BCUT2D eigenvalue weighted by atomic mass is 9.94. The first kappa shape index (κ1) is 17.3. The van der Waals surface area contributed by atoms with Gasteiger partial charge >= 0.3 is 12.0 Å². The van der Waals surface area contributed by atoms with Crippen molar-refractivity contribution in [3.05, 3.63) is 0 Å². The molecule has 3 amide bonds. The number of hydrogen-bond donors (Lipinski definition) is 2. The van der Waals surface area contributed by atoms with E-state index in [0.29, 0.717) is 32.5 Å². The maximum absolute atomic E-state index is 12.2. The number of piperidine rings is 1. The summed E-state index contributed by atoms with van der Waals surface area (Å²) in [5.74, 6) is -0.803. The number of hydrogen-bond acceptors (Lipinski definition) is 3. The van der Waals surface area contributed by atoms with Gasteiger partial charge in [-0.05, 0) is 25.2 Å². The summed E-state index contributed by atoms with van der Waals surface area (Å²) in [4.78, 5) is 37.5. The summed E-state index contributed by atoms with van der Waals surface area (Å²) in [6, 6.07) is -0.171. The Morgan fingerprint density at radius 3 is 2.43 bits per heavy atom. The van der Waals surface area contributed by atoms with Gasteiger partial charge in [0.25, 0.3) is 0 Å². The molecule has 1 aliphatic rings. The predicted molar refractivity (Wildman–Crippen MR) is 77.9 cm³/mol. The molecule has 0 spiro atoms. The zero-order chi connectivity index (χ0) is 15.8. The number of nitrogens with zero attached hydrogens (tertiary/aromatic N) is 2. The summed E-state index contributed by atoms with van der Waals surface area (Å²) in [7, 11) is 1.61. The Labute approximate surface area is 125 Å². The Kier molecular flexibility index (Phi) is 6.98. The Morgan fingerprint density at radius 1 is 1.29 bits per heavy atom. The number of aliphatic carboxylic acids is 1. The highest BCUT2D eigenvalue weighted by molar-refractivity contribution is 5.83. The lowest BCUT2D eigenvalue weighted by molar-refractivity contribution is -0.138. The summed E-state index contributed by atoms with van der Waals surface area (Å²) in [5.41, 5.74) is 0. The number of rotatable bonds is 6. The van der Waals surface area contributed by atoms with Crippen molar-refractivity contribution in [1.82, 2.24) is 15.1 Å². The number of likely N-dealkylation sites (N-methyl/N-ethyl adjacent to an activating group) is 1. The number of urea groups is 1. The van der Waals surface area contributed by atoms with Crippen molar-refractivity contribution in [2.24, 2.45) is 5.92 Å². The van der Waals surface area contributed by atoms with Crippen LogP contribution in [0, 0.1) is 5.92 Å². The van der Waals surface area contributed by atoms with E-state index in [1.54, 1.807) is 11.9 Å². The minimum atomic E-state index is -0.788. The van der Waals surface area contributed by atoms with Crippen molar-refractivity contribution in [1.29, 1.82) is 0 Å². The molecule has 0 bridgehead atoms. The minimum Gasteiger partial charge on any atom is -0.481 e. The SMILES string of the molecule is CCCNC(=O)CN(C)C(=O)N1CCC(CC(=O)O)CC1. The van der Waals surface area contributed by atoms with Gasteiger partial charge in [0.2, 0.25) is 5.91 Å². The minimum absolute atomic E-state index is 0.0495. The standard InChI is InChI=1S/C14H25N3O4/c1-3-6-15-12(18)10-16(2)14(21)17-7-4-11(5-8-17)9-13(19)20/h11H,3-10H2,1-2H3,(H,15,18)(H,19,20). The second-order valence-corrected chi connectivity index (χ2v) is 5.52. The van der Waals surface area contributed by atoms with Crippen LogP contribution in [0.25, 0.3) is 0 Å². The summed E-state index contributed by atoms with van der Waals surface area (Å²) >= 11 is 0. The second-order valence-electron chi connectivity index (χ2n) is 5.52. The van der Waals surface area contributed by atoms with Crippen LogP contribution < -0.4 is 5.32 Å². The average molecular weight is 299 g/mol. The van der Waals surface area contributed by atoms with E-state index in [9.17, 15) is 14.4 Å². The summed E-state index contributed by atoms with van der Waals surface area (Å²) < 4.78 is 0. The van der Waals surface area contributed by atoms with Crippen LogP contribution in [-0.2, 0) is 9.59 Å². The highest BCUT2D eigenvalue weighted by Crippen LogP contribution is 2.21. The van der Waals surface area contributed by atoms with Crippen molar-refractivity contribution in [2.45, 2.75) is 32.6 Å². The van der Waals surface area contributed by atoms with Crippen LogP contribution >= 0.6 is 0 Å². The molecule has 1 saturated heterocycles. The van der Waals surface area contributed by atoms with Gasteiger partial charge in [0.15, 0.2) is 0 Å². The zero-order valence-electron chi connectivity index (χ0n) is 12.8. The molecule has 1 fully saturated rings. The molecule has 120 valence electrons. The van der Waals surface area contributed by atoms with Gasteiger partial charge in [-0.15, -0.1) is 0 Å². The average Bonchev–Trinajstić information content (AvgIpc) is 2.44. The second kappa shape index (κ2) is 8.49. The van der Waals surface area contributed by atoms with E-state index in [-0.39, 0.29) is 30.8 Å². The van der Waals surface area contributed by atoms with Crippen LogP contribution in [0.3, 0.4) is 0 Å². The van der Waals surface area contributed by atoms with E-state index in [2.05, 4.69) is 5.32 Å². The molecule has 0 saturated carbocycles. The lowest BCUT2D eigenvalue weighted by Crippen LogP contribution is -2.48. The van der Waals surface area contributed by atoms with Gasteiger partial charge in [0.1, 0.15) is 6.54 Å². The van der Waals surface area contributed by atoms with Crippen molar-refractivity contribution in [2.75, 3.05) is 33.2 Å². The van der Waals surface area contributed by atoms with E-state index < -0.39 is 5.97 Å². The highest BCUT2D eigenvalue weighted by Gasteiger charge is 2.26. The monoisotopic (exact) mass is 299 g/mol. The molecule has 21 heavy (non-hydrogen) atoms. The van der Waals surface area contributed by atoms with Gasteiger partial charge in [-0.3, -0.25) is 9.59 Å². The number of carboxylic acids is 1. The van der Waals surface area contributed by atoms with Crippen molar-refractivity contribution in [3.63, 3.8) is 0 Å². The first-order valence-electron chi connectivity index (χ1n) is 7.42. The van der Waals surface area contributed by atoms with Crippen LogP contribution in [0.4, 0.5) is 4.79 Å². The molecular formula is C14H25N3O4. The smallest absolute Gasteiger partial charge is 0.320 e. The van der Waals surface area contributed by atoms with Gasteiger partial charge in [-0.1, -0.05) is 6.92 Å². The molecule has 0 atom stereocenters. The zero-order valence-corrected chi connectivity index (χ0v) is 12.8. The third-order valence-corrected chi connectivity index (χ3v) is 3.63. The van der Waals surface area contributed by atoms with Gasteiger partial charge in [-0.2, -0.15) is 0 Å². The first-order valence-corrected chi connectivity index (χ1v) is 7.42. The quantitative estimate of drug-likeness (QED) is 0.757. The maximum atomic E-state index is 12.2. The lowest BCUT2D eigenvalue weighted by Gasteiger charge is -2.34. The van der Waals surface area contributed by atoms with Crippen LogP contribution in [-0.4, -0.2) is 66.0 Å². The normalized spacial score (nSPS) is 15.6. The molecule has 2 N–H and O–H groups in total. The molecule has 1 rings (SSSR count). The van der Waals surface area contributed by atoms with Crippen LogP contribution in [0.2, 0.25) is 0 Å². The molecule has 7 nitrogen and oxygen atoms in total. The molecule has 0 aromatic rings. The number of carbonyl (C=O) groups is 3. The van der Waals surface area contributed by atoms with Gasteiger partial charge < -0.3 is 20.2 Å². The number of nitrogens with one attached hydrogen (secondary N) is 1. The summed E-state index contributed by atoms with van der Waals surface area (Å²) in [6.45, 7) is 3.74. The third kappa shape index (κ3) is 6.01. The molecular weight excluding hydrogens is 274 g/mol. The van der Waals surface area contributed by atoms with E-state index in [0.717, 1.165) is 6.42 Å². The fourth-order valence-corrected chi connectivity index (χ4v) is 2.42. The topological polar surface area (TPSA) is 90.0 Å². The van der Waals surface area contributed by atoms with E-state index >= 15 is 0 Å². The molecule has 0 aromatic heterocycles. The Hall–Kier alpha value is -1.79. The number of carboxylic acid groups (broad SMARTS) is 1. The highest BCUT2D eigenvalue weighted by atomic mass is 16.4. The Balaban J connectivity index is 2.35. The summed E-state index contributed by atoms with van der Waals surface area (Å²) in [5, 5.41) is 11.5. The molecule has 0 aromatic carbocycles. The molecule has 0 unspecified atom stereocenters. The molecule has 1 heterocycles. The van der Waals surface area contributed by atoms with E-state index in [4.69, 9.17) is 5.11 Å². The fraction of sp³-hybridized carbons (Fsp3) is 0.786. The molecule has 0 aliphatic carbocycles. The Morgan fingerprint density at radius 2 is 1.90 bits per heavy atom. The van der Waals surface area contributed by atoms with Gasteiger partial charge in [0.05, 0.1) is 0 Å². The Bertz CT molecular complexity index is 378. The number of amides is 3.